The van der Waals surface area contributed by atoms with Crippen LogP contribution in [0, 0.1) is 18.8 Å². The molecular weight excluding hydrogens is 266 g/mol. The molecule has 1 fully saturated rings. The van der Waals surface area contributed by atoms with Crippen LogP contribution in [0.4, 0.5) is 5.13 Å². The van der Waals surface area contributed by atoms with Gasteiger partial charge in [-0.15, -0.1) is 11.3 Å². The number of hydrogen-bond donors (Lipinski definition) is 1. The molecule has 0 bridgehead atoms. The van der Waals surface area contributed by atoms with Gasteiger partial charge in [0.05, 0.1) is 5.69 Å². The summed E-state index contributed by atoms with van der Waals surface area (Å²) in [5, 5.41) is 4.78. The number of nitrogens with zero attached hydrogens (tertiary/aromatic N) is 2. The minimum absolute atomic E-state index is 0.157. The zero-order valence-corrected chi connectivity index (χ0v) is 14.6. The van der Waals surface area contributed by atoms with Gasteiger partial charge in [0.25, 0.3) is 0 Å². The van der Waals surface area contributed by atoms with Gasteiger partial charge in [-0.1, -0.05) is 13.8 Å². The first-order valence-electron chi connectivity index (χ1n) is 7.71. The zero-order chi connectivity index (χ0) is 14.9. The Morgan fingerprint density at radius 1 is 1.25 bits per heavy atom. The fraction of sp³-hybridized carbons (Fsp3) is 0.812. The van der Waals surface area contributed by atoms with Gasteiger partial charge in [-0.05, 0) is 46.0 Å². The van der Waals surface area contributed by atoms with Crippen LogP contribution in [0.2, 0.25) is 0 Å². The van der Waals surface area contributed by atoms with Crippen molar-refractivity contribution in [1.82, 2.24) is 10.3 Å². The summed E-state index contributed by atoms with van der Waals surface area (Å²) in [5.41, 5.74) is 1.35. The first kappa shape index (κ1) is 15.8. The maximum Gasteiger partial charge on any atom is 0.185 e. The van der Waals surface area contributed by atoms with Gasteiger partial charge >= 0.3 is 0 Å². The lowest BCUT2D eigenvalue weighted by molar-refractivity contribution is 0.356. The lowest BCUT2D eigenvalue weighted by Gasteiger charge is -2.34. The van der Waals surface area contributed by atoms with Gasteiger partial charge in [0.15, 0.2) is 5.13 Å². The molecule has 1 aromatic rings. The van der Waals surface area contributed by atoms with Crippen LogP contribution in [0.25, 0.3) is 0 Å². The van der Waals surface area contributed by atoms with Crippen LogP contribution in [0.3, 0.4) is 0 Å². The molecule has 1 aliphatic heterocycles. The van der Waals surface area contributed by atoms with Crippen molar-refractivity contribution >= 4 is 16.5 Å². The van der Waals surface area contributed by atoms with E-state index in [1.807, 2.05) is 11.3 Å². The van der Waals surface area contributed by atoms with Crippen molar-refractivity contribution in [1.29, 1.82) is 0 Å². The topological polar surface area (TPSA) is 28.2 Å². The highest BCUT2D eigenvalue weighted by atomic mass is 32.1. The summed E-state index contributed by atoms with van der Waals surface area (Å²) in [5.74, 6) is 1.55. The highest BCUT2D eigenvalue weighted by Crippen LogP contribution is 2.31. The standard InChI is InChI=1S/C16H29N3S/c1-11-7-12(2)10-19(9-11)15-18-13(3)14(20-15)8-17-16(4,5)6/h11-12,17H,7-10H2,1-6H3. The van der Waals surface area contributed by atoms with Crippen molar-refractivity contribution < 1.29 is 0 Å². The van der Waals surface area contributed by atoms with E-state index in [9.17, 15) is 0 Å². The number of hydrogen-bond acceptors (Lipinski definition) is 4. The molecule has 2 heterocycles. The number of piperidine rings is 1. The number of rotatable bonds is 3. The summed E-state index contributed by atoms with van der Waals surface area (Å²) in [7, 11) is 0. The highest BCUT2D eigenvalue weighted by Gasteiger charge is 2.24. The van der Waals surface area contributed by atoms with Crippen molar-refractivity contribution in [3.8, 4) is 0 Å². The van der Waals surface area contributed by atoms with Crippen LogP contribution in [-0.4, -0.2) is 23.6 Å². The molecule has 0 aliphatic carbocycles. The average molecular weight is 295 g/mol. The number of thiazole rings is 1. The minimum Gasteiger partial charge on any atom is -0.348 e. The largest absolute Gasteiger partial charge is 0.348 e. The third-order valence-electron chi connectivity index (χ3n) is 3.80. The number of aromatic nitrogens is 1. The third kappa shape index (κ3) is 4.19. The molecule has 2 unspecified atom stereocenters. The Labute approximate surface area is 127 Å². The van der Waals surface area contributed by atoms with Gasteiger partial charge in [0.1, 0.15) is 0 Å². The van der Waals surface area contributed by atoms with E-state index in [2.05, 4.69) is 51.8 Å². The second-order valence-corrected chi connectivity index (χ2v) is 8.52. The monoisotopic (exact) mass is 295 g/mol. The van der Waals surface area contributed by atoms with E-state index in [0.717, 1.165) is 31.5 Å². The van der Waals surface area contributed by atoms with Crippen LogP contribution in [0.15, 0.2) is 0 Å². The first-order valence-corrected chi connectivity index (χ1v) is 8.52. The normalized spacial score (nSPS) is 24.2. The first-order chi connectivity index (χ1) is 9.24. The second-order valence-electron chi connectivity index (χ2n) is 7.46. The predicted molar refractivity (Wildman–Crippen MR) is 88.6 cm³/mol. The molecule has 0 saturated carbocycles. The molecule has 1 aromatic heterocycles. The minimum atomic E-state index is 0.157. The number of anilines is 1. The SMILES string of the molecule is Cc1nc(N2CC(C)CC(C)C2)sc1CNC(C)(C)C. The average Bonchev–Trinajstić information content (AvgIpc) is 2.66. The molecule has 2 rings (SSSR count). The maximum atomic E-state index is 4.81. The van der Waals surface area contributed by atoms with E-state index in [1.54, 1.807) is 0 Å². The Kier molecular flexibility index (Phi) is 4.75. The van der Waals surface area contributed by atoms with Crippen molar-refractivity contribution in [2.75, 3.05) is 18.0 Å². The van der Waals surface area contributed by atoms with Gasteiger partial charge in [-0.3, -0.25) is 0 Å². The summed E-state index contributed by atoms with van der Waals surface area (Å²) in [6.45, 7) is 16.7. The fourth-order valence-corrected chi connectivity index (χ4v) is 3.90. The quantitative estimate of drug-likeness (QED) is 0.919. The molecule has 0 spiro atoms. The third-order valence-corrected chi connectivity index (χ3v) is 5.02. The molecule has 1 N–H and O–H groups in total. The van der Waals surface area contributed by atoms with E-state index in [4.69, 9.17) is 4.98 Å². The van der Waals surface area contributed by atoms with Crippen LogP contribution >= 0.6 is 11.3 Å². The molecule has 0 radical (unpaired) electrons. The smallest absolute Gasteiger partial charge is 0.185 e. The molecule has 20 heavy (non-hydrogen) atoms. The number of aryl methyl sites for hydroxylation is 1. The molecule has 1 aliphatic rings. The summed E-state index contributed by atoms with van der Waals surface area (Å²) in [4.78, 5) is 8.67. The van der Waals surface area contributed by atoms with Gasteiger partial charge in [-0.25, -0.2) is 4.98 Å². The summed E-state index contributed by atoms with van der Waals surface area (Å²) in [6.07, 6.45) is 1.35. The molecule has 3 nitrogen and oxygen atoms in total. The summed E-state index contributed by atoms with van der Waals surface area (Å²) >= 11 is 1.86. The van der Waals surface area contributed by atoms with Crippen molar-refractivity contribution in [2.24, 2.45) is 11.8 Å². The van der Waals surface area contributed by atoms with E-state index < -0.39 is 0 Å². The van der Waals surface area contributed by atoms with E-state index in [1.165, 1.54) is 22.1 Å². The Bertz CT molecular complexity index is 437. The molecule has 0 amide bonds. The second kappa shape index (κ2) is 6.02. The van der Waals surface area contributed by atoms with Crippen LogP contribution < -0.4 is 10.2 Å². The molecule has 1 saturated heterocycles. The predicted octanol–water partition coefficient (Wildman–Crippen LogP) is 3.82. The maximum absolute atomic E-state index is 4.81. The Balaban J connectivity index is 2.06. The van der Waals surface area contributed by atoms with Crippen molar-refractivity contribution in [3.63, 3.8) is 0 Å². The van der Waals surface area contributed by atoms with Crippen molar-refractivity contribution in [2.45, 2.75) is 60.0 Å². The Morgan fingerprint density at radius 3 is 2.40 bits per heavy atom. The van der Waals surface area contributed by atoms with E-state index in [0.29, 0.717) is 0 Å². The van der Waals surface area contributed by atoms with E-state index >= 15 is 0 Å². The number of nitrogens with one attached hydrogen (secondary N) is 1. The highest BCUT2D eigenvalue weighted by molar-refractivity contribution is 7.15. The van der Waals surface area contributed by atoms with Crippen LogP contribution in [-0.2, 0) is 6.54 Å². The van der Waals surface area contributed by atoms with Gasteiger partial charge in [0, 0.05) is 30.1 Å². The van der Waals surface area contributed by atoms with Gasteiger partial charge < -0.3 is 10.2 Å². The molecular formula is C16H29N3S. The van der Waals surface area contributed by atoms with Crippen LogP contribution in [0.1, 0.15) is 51.6 Å². The molecule has 0 aromatic carbocycles. The van der Waals surface area contributed by atoms with Gasteiger partial charge in [0.2, 0.25) is 0 Å². The summed E-state index contributed by atoms with van der Waals surface area (Å²) in [6, 6.07) is 0. The Hall–Kier alpha value is -0.610. The van der Waals surface area contributed by atoms with Crippen molar-refractivity contribution in [3.05, 3.63) is 10.6 Å². The zero-order valence-electron chi connectivity index (χ0n) is 13.8. The lowest BCUT2D eigenvalue weighted by Crippen LogP contribution is -2.38. The molecule has 4 heteroatoms. The molecule has 2 atom stereocenters. The molecule has 114 valence electrons. The summed E-state index contributed by atoms with van der Waals surface area (Å²) < 4.78 is 0. The van der Waals surface area contributed by atoms with E-state index in [-0.39, 0.29) is 5.54 Å². The Morgan fingerprint density at radius 2 is 1.85 bits per heavy atom. The lowest BCUT2D eigenvalue weighted by atomic mass is 9.92. The van der Waals surface area contributed by atoms with Crippen LogP contribution in [0.5, 0.6) is 0 Å². The van der Waals surface area contributed by atoms with Gasteiger partial charge in [-0.2, -0.15) is 0 Å². The fourth-order valence-electron chi connectivity index (χ4n) is 2.88.